The van der Waals surface area contributed by atoms with Crippen LogP contribution in [0.1, 0.15) is 73.4 Å². The number of carbonyl (C=O) groups is 1. The van der Waals surface area contributed by atoms with Crippen molar-refractivity contribution in [2.75, 3.05) is 0 Å². The first-order valence-electron chi connectivity index (χ1n) is 9.97. The molecule has 2 aromatic heterocycles. The number of hydrogen-bond acceptors (Lipinski definition) is 5. The molecule has 0 bridgehead atoms. The highest BCUT2D eigenvalue weighted by atomic mass is 16.5. The minimum absolute atomic E-state index is 0.0809. The van der Waals surface area contributed by atoms with Gasteiger partial charge in [0.15, 0.2) is 5.82 Å². The van der Waals surface area contributed by atoms with Gasteiger partial charge in [0.05, 0.1) is 18.7 Å². The molecule has 146 valence electrons. The van der Waals surface area contributed by atoms with Crippen molar-refractivity contribution in [2.24, 2.45) is 0 Å². The van der Waals surface area contributed by atoms with Crippen LogP contribution in [-0.4, -0.2) is 16.0 Å². The predicted molar refractivity (Wildman–Crippen MR) is 104 cm³/mol. The Labute approximate surface area is 164 Å². The van der Waals surface area contributed by atoms with Crippen LogP contribution in [-0.2, 0) is 11.3 Å². The lowest BCUT2D eigenvalue weighted by Gasteiger charge is -2.17. The summed E-state index contributed by atoms with van der Waals surface area (Å²) in [7, 11) is 0. The number of nitrogens with zero attached hydrogens (tertiary/aromatic N) is 2. The average molecular weight is 379 g/mol. The van der Waals surface area contributed by atoms with Gasteiger partial charge in [0.1, 0.15) is 5.76 Å². The van der Waals surface area contributed by atoms with E-state index in [9.17, 15) is 4.79 Å². The molecule has 1 aliphatic rings. The molecule has 1 atom stereocenters. The maximum Gasteiger partial charge on any atom is 0.246 e. The summed E-state index contributed by atoms with van der Waals surface area (Å²) >= 11 is 0. The van der Waals surface area contributed by atoms with Gasteiger partial charge in [-0.15, -0.1) is 0 Å². The Bertz CT molecular complexity index is 868. The fraction of sp³-hybridized carbons (Fsp3) is 0.409. The molecule has 28 heavy (non-hydrogen) atoms. The SMILES string of the molecule is O=C(CC(c1ccccc1)c1ccco1)NCc1nc(C2CCCCC2)no1. The van der Waals surface area contributed by atoms with Crippen LogP contribution in [0.2, 0.25) is 0 Å². The third-order valence-corrected chi connectivity index (χ3v) is 5.37. The largest absolute Gasteiger partial charge is 0.469 e. The first-order chi connectivity index (χ1) is 13.8. The van der Waals surface area contributed by atoms with E-state index in [-0.39, 0.29) is 18.4 Å². The van der Waals surface area contributed by atoms with Crippen LogP contribution in [0, 0.1) is 0 Å². The Hall–Kier alpha value is -2.89. The Balaban J connectivity index is 1.36. The van der Waals surface area contributed by atoms with Gasteiger partial charge >= 0.3 is 0 Å². The highest BCUT2D eigenvalue weighted by molar-refractivity contribution is 5.77. The molecule has 0 aliphatic heterocycles. The van der Waals surface area contributed by atoms with Gasteiger partial charge in [0.2, 0.25) is 11.8 Å². The summed E-state index contributed by atoms with van der Waals surface area (Å²) in [6.07, 6.45) is 7.89. The smallest absolute Gasteiger partial charge is 0.246 e. The lowest BCUT2D eigenvalue weighted by atomic mass is 9.89. The van der Waals surface area contributed by atoms with Crippen molar-refractivity contribution < 1.29 is 13.7 Å². The topological polar surface area (TPSA) is 81.2 Å². The van der Waals surface area contributed by atoms with E-state index in [0.29, 0.717) is 18.2 Å². The van der Waals surface area contributed by atoms with Crippen molar-refractivity contribution in [1.82, 2.24) is 15.5 Å². The molecule has 1 aromatic carbocycles. The van der Waals surface area contributed by atoms with E-state index in [2.05, 4.69) is 15.5 Å². The highest BCUT2D eigenvalue weighted by Gasteiger charge is 2.23. The second-order valence-corrected chi connectivity index (χ2v) is 7.34. The lowest BCUT2D eigenvalue weighted by molar-refractivity contribution is -0.121. The van der Waals surface area contributed by atoms with Crippen LogP contribution < -0.4 is 5.32 Å². The third-order valence-electron chi connectivity index (χ3n) is 5.37. The predicted octanol–water partition coefficient (Wildman–Crippen LogP) is 4.55. The van der Waals surface area contributed by atoms with Gasteiger partial charge in [-0.25, -0.2) is 0 Å². The maximum absolute atomic E-state index is 12.6. The van der Waals surface area contributed by atoms with E-state index in [0.717, 1.165) is 30.0 Å². The number of furan rings is 1. The van der Waals surface area contributed by atoms with E-state index in [1.165, 1.54) is 19.3 Å². The number of rotatable bonds is 7. The van der Waals surface area contributed by atoms with Crippen LogP contribution in [0.25, 0.3) is 0 Å². The molecule has 3 aromatic rings. The number of benzene rings is 1. The van der Waals surface area contributed by atoms with Crippen LogP contribution in [0.3, 0.4) is 0 Å². The van der Waals surface area contributed by atoms with Gasteiger partial charge in [-0.3, -0.25) is 4.79 Å². The summed E-state index contributed by atoms with van der Waals surface area (Å²) in [5.74, 6) is 2.20. The molecule has 6 nitrogen and oxygen atoms in total. The lowest BCUT2D eigenvalue weighted by Crippen LogP contribution is -2.25. The number of amides is 1. The van der Waals surface area contributed by atoms with E-state index in [1.54, 1.807) is 6.26 Å². The minimum Gasteiger partial charge on any atom is -0.469 e. The molecule has 2 heterocycles. The van der Waals surface area contributed by atoms with Crippen LogP contribution in [0.5, 0.6) is 0 Å². The van der Waals surface area contributed by atoms with E-state index >= 15 is 0 Å². The number of nitrogens with one attached hydrogen (secondary N) is 1. The quantitative estimate of drug-likeness (QED) is 0.651. The molecular formula is C22H25N3O3. The molecule has 1 fully saturated rings. The van der Waals surface area contributed by atoms with Crippen molar-refractivity contribution in [2.45, 2.75) is 56.9 Å². The van der Waals surface area contributed by atoms with Crippen molar-refractivity contribution in [1.29, 1.82) is 0 Å². The summed E-state index contributed by atoms with van der Waals surface area (Å²) in [5, 5.41) is 7.02. The second-order valence-electron chi connectivity index (χ2n) is 7.34. The molecule has 1 saturated carbocycles. The summed E-state index contributed by atoms with van der Waals surface area (Å²) in [6, 6.07) is 13.7. The molecule has 1 amide bonds. The van der Waals surface area contributed by atoms with E-state index in [4.69, 9.17) is 8.94 Å². The summed E-state index contributed by atoms with van der Waals surface area (Å²) in [5.41, 5.74) is 1.05. The van der Waals surface area contributed by atoms with Crippen LogP contribution in [0.15, 0.2) is 57.7 Å². The average Bonchev–Trinajstić information content (AvgIpc) is 3.44. The Kier molecular flexibility index (Phi) is 5.85. The monoisotopic (exact) mass is 379 g/mol. The summed E-state index contributed by atoms with van der Waals surface area (Å²) in [4.78, 5) is 17.0. The fourth-order valence-corrected chi connectivity index (χ4v) is 3.86. The van der Waals surface area contributed by atoms with E-state index < -0.39 is 0 Å². The van der Waals surface area contributed by atoms with Crippen molar-refractivity contribution in [3.8, 4) is 0 Å². The molecule has 1 N–H and O–H groups in total. The minimum atomic E-state index is -0.128. The second kappa shape index (κ2) is 8.87. The highest BCUT2D eigenvalue weighted by Crippen LogP contribution is 2.31. The zero-order valence-corrected chi connectivity index (χ0v) is 15.8. The zero-order chi connectivity index (χ0) is 19.2. The van der Waals surface area contributed by atoms with Gasteiger partial charge in [0, 0.05) is 12.3 Å². The third kappa shape index (κ3) is 4.50. The first kappa shape index (κ1) is 18.5. The van der Waals surface area contributed by atoms with E-state index in [1.807, 2.05) is 42.5 Å². The van der Waals surface area contributed by atoms with Crippen LogP contribution >= 0.6 is 0 Å². The van der Waals surface area contributed by atoms with Gasteiger partial charge in [-0.05, 0) is 30.5 Å². The van der Waals surface area contributed by atoms with Crippen LogP contribution in [0.4, 0.5) is 0 Å². The number of aromatic nitrogens is 2. The van der Waals surface area contributed by atoms with Crippen molar-refractivity contribution in [3.63, 3.8) is 0 Å². The van der Waals surface area contributed by atoms with Crippen molar-refractivity contribution in [3.05, 3.63) is 71.8 Å². The van der Waals surface area contributed by atoms with Crippen molar-refractivity contribution >= 4 is 5.91 Å². The summed E-state index contributed by atoms with van der Waals surface area (Å²) in [6.45, 7) is 0.248. The molecule has 0 spiro atoms. The number of carbonyl (C=O) groups excluding carboxylic acids is 1. The molecular weight excluding hydrogens is 354 g/mol. The Morgan fingerprint density at radius 1 is 1.11 bits per heavy atom. The molecule has 1 aliphatic carbocycles. The molecule has 0 saturated heterocycles. The fourth-order valence-electron chi connectivity index (χ4n) is 3.86. The summed E-state index contributed by atoms with van der Waals surface area (Å²) < 4.78 is 10.9. The standard InChI is InChI=1S/C22H25N3O3/c26-20(14-18(19-12-7-13-27-19)16-8-3-1-4-9-16)23-15-21-24-22(25-28-21)17-10-5-2-6-11-17/h1,3-4,7-9,12-13,17-18H,2,5-6,10-11,14-15H2,(H,23,26). The van der Waals surface area contributed by atoms with Gasteiger partial charge in [0.25, 0.3) is 0 Å². The molecule has 6 heteroatoms. The maximum atomic E-state index is 12.6. The van der Waals surface area contributed by atoms with Gasteiger partial charge in [-0.1, -0.05) is 54.8 Å². The first-order valence-corrected chi connectivity index (χ1v) is 9.97. The van der Waals surface area contributed by atoms with Gasteiger partial charge in [-0.2, -0.15) is 4.98 Å². The molecule has 1 unspecified atom stereocenters. The zero-order valence-electron chi connectivity index (χ0n) is 15.8. The molecule has 0 radical (unpaired) electrons. The molecule has 4 rings (SSSR count). The van der Waals surface area contributed by atoms with Gasteiger partial charge < -0.3 is 14.3 Å². The number of hydrogen-bond donors (Lipinski definition) is 1. The Morgan fingerprint density at radius 2 is 1.93 bits per heavy atom. The Morgan fingerprint density at radius 3 is 2.68 bits per heavy atom. The normalized spacial score (nSPS) is 16.0.